The zero-order valence-corrected chi connectivity index (χ0v) is 21.7. The molecule has 2 atom stereocenters. The van der Waals surface area contributed by atoms with Crippen LogP contribution in [0.4, 0.5) is 0 Å². The maximum absolute atomic E-state index is 13.3. The second kappa shape index (κ2) is 9.80. The Kier molecular flexibility index (Phi) is 9.03. The van der Waals surface area contributed by atoms with Crippen LogP contribution in [0.2, 0.25) is 10.6 Å². The fourth-order valence-corrected chi connectivity index (χ4v) is 5.46. The van der Waals surface area contributed by atoms with E-state index < -0.39 is 0 Å². The smallest absolute Gasteiger partial charge is 0.228 e. The van der Waals surface area contributed by atoms with E-state index in [0.717, 1.165) is 82.2 Å². The van der Waals surface area contributed by atoms with Crippen molar-refractivity contribution in [3.63, 3.8) is 0 Å². The molecule has 0 aromatic rings. The van der Waals surface area contributed by atoms with E-state index in [9.17, 15) is 9.59 Å². The number of rotatable bonds is 9. The molecular weight excluding hydrogens is 342 g/mol. The Bertz CT molecular complexity index is 472. The van der Waals surface area contributed by atoms with Crippen LogP contribution in [-0.4, -0.2) is 80.4 Å². The Morgan fingerprint density at radius 1 is 0.960 bits per heavy atom. The van der Waals surface area contributed by atoms with Crippen LogP contribution in [0, 0.1) is 16.7 Å². The highest BCUT2D eigenvalue weighted by molar-refractivity contribution is 6.09. The number of hydrogen-bond acceptors (Lipinski definition) is 2. The van der Waals surface area contributed by atoms with Crippen molar-refractivity contribution < 1.29 is 9.59 Å². The van der Waals surface area contributed by atoms with Crippen LogP contribution >= 0.6 is 0 Å². The van der Waals surface area contributed by atoms with Crippen LogP contribution in [0.15, 0.2) is 0 Å². The average molecular weight is 380 g/mol. The Labute approximate surface area is 170 Å². The molecular formula is C19H38Al2N2O2. The summed E-state index contributed by atoms with van der Waals surface area (Å²) >= 11 is 2.25. The standard InChI is InChI=1S/C19H34N2O2.2Al.4H/c1-8-20(9-2)16(22)18(6)11-12-19(7,14-18)17(23)21(10-3)13-15(4)5;;;;;;/h15H,1,3,8-14H2,2,4-7H3;;;;;;. The molecule has 4 nitrogen and oxygen atoms in total. The zero-order valence-electron chi connectivity index (χ0n) is 17.7. The predicted octanol–water partition coefficient (Wildman–Crippen LogP) is 1.62. The van der Waals surface area contributed by atoms with Crippen molar-refractivity contribution in [3.8, 4) is 0 Å². The fourth-order valence-electron chi connectivity index (χ4n) is 4.38. The topological polar surface area (TPSA) is 40.6 Å². The van der Waals surface area contributed by atoms with Gasteiger partial charge in [-0.25, -0.2) is 0 Å². The van der Waals surface area contributed by atoms with Crippen LogP contribution in [0.5, 0.6) is 0 Å². The van der Waals surface area contributed by atoms with Crippen molar-refractivity contribution in [2.24, 2.45) is 16.7 Å². The molecule has 0 aromatic carbocycles. The molecule has 0 aromatic heterocycles. The van der Waals surface area contributed by atoms with Crippen molar-refractivity contribution >= 4 is 44.4 Å². The van der Waals surface area contributed by atoms with E-state index in [-0.39, 0.29) is 22.6 Å². The van der Waals surface area contributed by atoms with Crippen LogP contribution in [0.25, 0.3) is 0 Å². The second-order valence-electron chi connectivity index (χ2n) is 8.83. The van der Waals surface area contributed by atoms with Gasteiger partial charge < -0.3 is 9.80 Å². The van der Waals surface area contributed by atoms with Gasteiger partial charge in [-0.3, -0.25) is 9.59 Å². The van der Waals surface area contributed by atoms with E-state index in [0.29, 0.717) is 12.3 Å². The predicted molar refractivity (Wildman–Crippen MR) is 110 cm³/mol. The number of nitrogens with zero attached hydrogens (tertiary/aromatic N) is 2. The molecule has 0 bridgehead atoms. The lowest BCUT2D eigenvalue weighted by Gasteiger charge is -2.35. The van der Waals surface area contributed by atoms with E-state index in [1.165, 1.54) is 0 Å². The van der Waals surface area contributed by atoms with Gasteiger partial charge in [0.05, 0.1) is 0 Å². The molecule has 0 saturated heterocycles. The molecule has 0 heterocycles. The molecule has 0 aliphatic heterocycles. The molecule has 1 aliphatic rings. The molecule has 1 saturated carbocycles. The molecule has 0 radical (unpaired) electrons. The first-order chi connectivity index (χ1) is 11.6. The monoisotopic (exact) mass is 380 g/mol. The lowest BCUT2D eigenvalue weighted by molar-refractivity contribution is -0.144. The molecule has 2 amide bonds. The van der Waals surface area contributed by atoms with Gasteiger partial charge in [-0.2, -0.15) is 0 Å². The summed E-state index contributed by atoms with van der Waals surface area (Å²) < 4.78 is 0. The average Bonchev–Trinajstić information content (AvgIpc) is 2.88. The molecule has 1 aliphatic carbocycles. The van der Waals surface area contributed by atoms with Gasteiger partial charge in [-0.05, 0) is 32.1 Å². The summed E-state index contributed by atoms with van der Waals surface area (Å²) in [5.74, 6) is 1.03. The minimum atomic E-state index is -0.379. The highest BCUT2D eigenvalue weighted by atomic mass is 27.0. The van der Waals surface area contributed by atoms with Crippen molar-refractivity contribution in [2.75, 3.05) is 26.2 Å². The first-order valence-electron chi connectivity index (χ1n) is 10.2. The number of hydrogen-bond donors (Lipinski definition) is 0. The molecule has 0 N–H and O–H groups in total. The van der Waals surface area contributed by atoms with Crippen molar-refractivity contribution in [1.29, 1.82) is 0 Å². The van der Waals surface area contributed by atoms with Gasteiger partial charge in [0.1, 0.15) is 0 Å². The summed E-state index contributed by atoms with van der Waals surface area (Å²) in [6.07, 6.45) is 2.37. The summed E-state index contributed by atoms with van der Waals surface area (Å²) in [7, 11) is 0. The zero-order chi connectivity index (χ0) is 19.3. The summed E-state index contributed by atoms with van der Waals surface area (Å²) in [6, 6.07) is 0. The summed E-state index contributed by atoms with van der Waals surface area (Å²) in [5, 5.41) is 2.24. The van der Waals surface area contributed by atoms with Crippen molar-refractivity contribution in [3.05, 3.63) is 0 Å². The Morgan fingerprint density at radius 2 is 1.40 bits per heavy atom. The molecule has 0 spiro atoms. The molecule has 1 fully saturated rings. The third-order valence-corrected chi connectivity index (χ3v) is 6.46. The number of carbonyl (C=O) groups excluding carboxylic acids is 2. The normalized spacial score (nSPS) is 26.0. The SMILES string of the molecule is CCN(C[CH2][AlH2])C(=O)C1(C)CCC(C)(C(=O)N(C[CH2][AlH2])CC(C)C)C1. The van der Waals surface area contributed by atoms with Gasteiger partial charge >= 0.3 is 0 Å². The van der Waals surface area contributed by atoms with E-state index >= 15 is 0 Å². The molecule has 1 rings (SSSR count). The van der Waals surface area contributed by atoms with Gasteiger partial charge in [0, 0.05) is 37.0 Å². The highest BCUT2D eigenvalue weighted by Crippen LogP contribution is 2.51. The Hall–Kier alpha value is 0.00494. The summed E-state index contributed by atoms with van der Waals surface area (Å²) in [4.78, 5) is 30.5. The first kappa shape index (κ1) is 23.0. The lowest BCUT2D eigenvalue weighted by atomic mass is 9.80. The lowest BCUT2D eigenvalue weighted by Crippen LogP contribution is -2.46. The van der Waals surface area contributed by atoms with Crippen molar-refractivity contribution in [1.82, 2.24) is 9.80 Å². The van der Waals surface area contributed by atoms with Crippen LogP contribution in [0.1, 0.15) is 53.9 Å². The third kappa shape index (κ3) is 5.74. The van der Waals surface area contributed by atoms with Gasteiger partial charge in [-0.1, -0.05) is 38.3 Å². The summed E-state index contributed by atoms with van der Waals surface area (Å²) in [5.41, 5.74) is -0.752. The first-order valence-corrected chi connectivity index (χ1v) is 13.0. The summed E-state index contributed by atoms with van der Waals surface area (Å²) in [6.45, 7) is 14.0. The van der Waals surface area contributed by atoms with Crippen LogP contribution < -0.4 is 0 Å². The van der Waals surface area contributed by atoms with Crippen LogP contribution in [-0.2, 0) is 9.59 Å². The molecule has 25 heavy (non-hydrogen) atoms. The minimum Gasteiger partial charge on any atom is -0.344 e. The maximum atomic E-state index is 13.3. The van der Waals surface area contributed by atoms with Crippen LogP contribution in [0.3, 0.4) is 0 Å². The van der Waals surface area contributed by atoms with E-state index in [1.54, 1.807) is 0 Å². The van der Waals surface area contributed by atoms with Crippen molar-refractivity contribution in [2.45, 2.75) is 64.4 Å². The molecule has 6 heteroatoms. The highest BCUT2D eigenvalue weighted by Gasteiger charge is 2.52. The van der Waals surface area contributed by atoms with E-state index in [2.05, 4.69) is 39.5 Å². The fraction of sp³-hybridized carbons (Fsp3) is 0.895. The van der Waals surface area contributed by atoms with E-state index in [4.69, 9.17) is 0 Å². The Morgan fingerprint density at radius 3 is 1.80 bits per heavy atom. The largest absolute Gasteiger partial charge is 0.344 e. The minimum absolute atomic E-state index is 0.265. The van der Waals surface area contributed by atoms with Gasteiger partial charge in [0.25, 0.3) is 0 Å². The van der Waals surface area contributed by atoms with Gasteiger partial charge in [-0.15, -0.1) is 0 Å². The quantitative estimate of drug-likeness (QED) is 0.571. The van der Waals surface area contributed by atoms with Gasteiger partial charge in [0.2, 0.25) is 44.4 Å². The number of amides is 2. The Balaban J connectivity index is 2.93. The maximum Gasteiger partial charge on any atom is 0.228 e. The third-order valence-electron chi connectivity index (χ3n) is 5.57. The van der Waals surface area contributed by atoms with E-state index in [1.807, 2.05) is 4.90 Å². The number of carbonyl (C=O) groups is 2. The van der Waals surface area contributed by atoms with Gasteiger partial charge in [0.15, 0.2) is 0 Å². The molecule has 2 unspecified atom stereocenters. The second-order valence-corrected chi connectivity index (χ2v) is 10.8. The molecule has 142 valence electrons.